The minimum absolute atomic E-state index is 0.0316. The maximum absolute atomic E-state index is 13.0. The van der Waals surface area contributed by atoms with E-state index in [1.807, 2.05) is 0 Å². The Kier molecular flexibility index (Phi) is 3.55. The van der Waals surface area contributed by atoms with Crippen LogP contribution < -0.4 is 4.90 Å². The van der Waals surface area contributed by atoms with E-state index < -0.39 is 5.54 Å². The maximum Gasteiger partial charge on any atom is 0.333 e. The first kappa shape index (κ1) is 15.5. The molecule has 1 aromatic heterocycles. The molecule has 1 spiro atoms. The minimum Gasteiger partial charge on any atom is -0.312 e. The summed E-state index contributed by atoms with van der Waals surface area (Å²) in [7, 11) is 1.75. The molecule has 0 bridgehead atoms. The molecule has 1 saturated heterocycles. The van der Waals surface area contributed by atoms with Crippen LogP contribution in [0.3, 0.4) is 0 Å². The van der Waals surface area contributed by atoms with Gasteiger partial charge in [-0.3, -0.25) is 4.79 Å². The van der Waals surface area contributed by atoms with Crippen LogP contribution in [0.25, 0.3) is 0 Å². The number of nitrogens with zero attached hydrogens (tertiary/aromatic N) is 3. The Morgan fingerprint density at radius 3 is 2.36 bits per heavy atom. The van der Waals surface area contributed by atoms with Crippen LogP contribution in [0.1, 0.15) is 57.8 Å². The van der Waals surface area contributed by atoms with Crippen molar-refractivity contribution in [1.29, 1.82) is 0 Å². The molecular formula is C16H23N3O2S. The molecule has 0 unspecified atom stereocenters. The van der Waals surface area contributed by atoms with Crippen LogP contribution in [-0.4, -0.2) is 34.4 Å². The minimum atomic E-state index is -0.636. The highest BCUT2D eigenvalue weighted by atomic mass is 32.1. The van der Waals surface area contributed by atoms with Crippen LogP contribution in [0.15, 0.2) is 6.20 Å². The molecule has 22 heavy (non-hydrogen) atoms. The average Bonchev–Trinajstić information content (AvgIpc) is 3.01. The van der Waals surface area contributed by atoms with Gasteiger partial charge in [-0.2, -0.15) is 0 Å². The molecule has 0 radical (unpaired) electrons. The fourth-order valence-corrected chi connectivity index (χ4v) is 4.31. The van der Waals surface area contributed by atoms with E-state index in [0.717, 1.165) is 37.0 Å². The van der Waals surface area contributed by atoms with Crippen LogP contribution in [-0.2, 0) is 10.2 Å². The number of amides is 3. The third-order valence-electron chi connectivity index (χ3n) is 4.83. The molecule has 6 heteroatoms. The third kappa shape index (κ3) is 2.16. The molecule has 0 aromatic carbocycles. The van der Waals surface area contributed by atoms with Crippen molar-refractivity contribution in [2.45, 2.75) is 63.8 Å². The molecule has 0 N–H and O–H groups in total. The molecule has 2 aliphatic rings. The zero-order valence-corrected chi connectivity index (χ0v) is 14.5. The smallest absolute Gasteiger partial charge is 0.312 e. The second kappa shape index (κ2) is 5.05. The Morgan fingerprint density at radius 1 is 1.18 bits per heavy atom. The zero-order valence-electron chi connectivity index (χ0n) is 13.7. The number of carbonyl (C=O) groups is 2. The van der Waals surface area contributed by atoms with Gasteiger partial charge in [-0.05, 0) is 18.3 Å². The van der Waals surface area contributed by atoms with E-state index in [2.05, 4.69) is 25.8 Å². The maximum atomic E-state index is 13.0. The normalized spacial score (nSPS) is 22.0. The second-order valence-corrected chi connectivity index (χ2v) is 8.34. The van der Waals surface area contributed by atoms with Crippen LogP contribution in [0.2, 0.25) is 0 Å². The summed E-state index contributed by atoms with van der Waals surface area (Å²) in [4.78, 5) is 34.0. The topological polar surface area (TPSA) is 53.5 Å². The summed E-state index contributed by atoms with van der Waals surface area (Å²) < 4.78 is 0. The Balaban J connectivity index is 1.96. The summed E-state index contributed by atoms with van der Waals surface area (Å²) in [5.74, 6) is -0.0884. The van der Waals surface area contributed by atoms with Gasteiger partial charge in [0.25, 0.3) is 5.91 Å². The lowest BCUT2D eigenvalue weighted by Crippen LogP contribution is -2.49. The number of aromatic nitrogens is 1. The second-order valence-electron chi connectivity index (χ2n) is 7.33. The number of likely N-dealkylation sites (N-methyl/N-ethyl adjacent to an activating group) is 1. The van der Waals surface area contributed by atoms with E-state index >= 15 is 0 Å². The Morgan fingerprint density at radius 2 is 1.82 bits per heavy atom. The van der Waals surface area contributed by atoms with Gasteiger partial charge >= 0.3 is 6.03 Å². The summed E-state index contributed by atoms with van der Waals surface area (Å²) in [6, 6.07) is -0.235. The average molecular weight is 321 g/mol. The van der Waals surface area contributed by atoms with Crippen molar-refractivity contribution in [2.75, 3.05) is 11.9 Å². The molecule has 1 saturated carbocycles. The van der Waals surface area contributed by atoms with Gasteiger partial charge in [-0.25, -0.2) is 14.7 Å². The third-order valence-corrected chi connectivity index (χ3v) is 6.23. The molecule has 120 valence electrons. The first-order chi connectivity index (χ1) is 10.3. The number of hydrogen-bond donors (Lipinski definition) is 0. The number of hydrogen-bond acceptors (Lipinski definition) is 4. The van der Waals surface area contributed by atoms with Gasteiger partial charge in [0.2, 0.25) is 5.13 Å². The van der Waals surface area contributed by atoms with Crippen LogP contribution >= 0.6 is 11.3 Å². The summed E-state index contributed by atoms with van der Waals surface area (Å²) in [6.45, 7) is 6.31. The van der Waals surface area contributed by atoms with Crippen molar-refractivity contribution in [3.8, 4) is 0 Å². The zero-order chi connectivity index (χ0) is 16.1. The van der Waals surface area contributed by atoms with Crippen molar-refractivity contribution in [3.63, 3.8) is 0 Å². The Labute approximate surface area is 135 Å². The number of carbonyl (C=O) groups excluding carboxylic acids is 2. The lowest BCUT2D eigenvalue weighted by Gasteiger charge is -2.35. The number of urea groups is 1. The highest BCUT2D eigenvalue weighted by Gasteiger charge is 2.56. The van der Waals surface area contributed by atoms with Gasteiger partial charge in [0, 0.05) is 18.1 Å². The van der Waals surface area contributed by atoms with E-state index in [-0.39, 0.29) is 17.4 Å². The van der Waals surface area contributed by atoms with E-state index in [1.165, 1.54) is 16.2 Å². The van der Waals surface area contributed by atoms with Gasteiger partial charge in [0.1, 0.15) is 5.54 Å². The number of anilines is 1. The first-order valence-electron chi connectivity index (χ1n) is 7.86. The van der Waals surface area contributed by atoms with E-state index in [1.54, 1.807) is 18.1 Å². The van der Waals surface area contributed by atoms with Crippen LogP contribution in [0.5, 0.6) is 0 Å². The lowest BCUT2D eigenvalue weighted by atomic mass is 9.81. The van der Waals surface area contributed by atoms with Gasteiger partial charge in [-0.1, -0.05) is 40.0 Å². The van der Waals surface area contributed by atoms with Crippen LogP contribution in [0.4, 0.5) is 9.93 Å². The van der Waals surface area contributed by atoms with E-state index in [4.69, 9.17) is 0 Å². The number of thiazole rings is 1. The van der Waals surface area contributed by atoms with Crippen molar-refractivity contribution in [3.05, 3.63) is 11.1 Å². The van der Waals surface area contributed by atoms with Gasteiger partial charge < -0.3 is 4.90 Å². The molecule has 0 atom stereocenters. The molecular weight excluding hydrogens is 298 g/mol. The van der Waals surface area contributed by atoms with E-state index in [9.17, 15) is 9.59 Å². The monoisotopic (exact) mass is 321 g/mol. The highest BCUT2D eigenvalue weighted by Crippen LogP contribution is 2.42. The standard InChI is InChI=1S/C16H23N3O2S/c1-15(2,3)11-10-17-13(22-11)19-12(20)16(18(4)14(19)21)8-6-5-7-9-16/h10H,5-9H2,1-4H3. The van der Waals surface area contributed by atoms with Crippen LogP contribution in [0, 0.1) is 0 Å². The molecule has 5 nitrogen and oxygen atoms in total. The molecule has 1 aromatic rings. The predicted octanol–water partition coefficient (Wildman–Crippen LogP) is 3.54. The Bertz CT molecular complexity index is 611. The predicted molar refractivity (Wildman–Crippen MR) is 87.3 cm³/mol. The molecule has 1 aliphatic heterocycles. The molecule has 3 rings (SSSR count). The molecule has 1 aliphatic carbocycles. The number of imide groups is 1. The SMILES string of the molecule is CN1C(=O)N(c2ncc(C(C)(C)C)s2)C(=O)C12CCCCC2. The largest absolute Gasteiger partial charge is 0.333 e. The summed E-state index contributed by atoms with van der Waals surface area (Å²) >= 11 is 1.44. The molecule has 3 amide bonds. The van der Waals surface area contributed by atoms with E-state index in [0.29, 0.717) is 5.13 Å². The van der Waals surface area contributed by atoms with Crippen molar-refractivity contribution in [1.82, 2.24) is 9.88 Å². The lowest BCUT2D eigenvalue weighted by molar-refractivity contribution is -0.126. The summed E-state index contributed by atoms with van der Waals surface area (Å²) in [5.41, 5.74) is -0.668. The van der Waals surface area contributed by atoms with Gasteiger partial charge in [0.05, 0.1) is 0 Å². The fraction of sp³-hybridized carbons (Fsp3) is 0.688. The highest BCUT2D eigenvalue weighted by molar-refractivity contribution is 7.16. The molecule has 2 heterocycles. The first-order valence-corrected chi connectivity index (χ1v) is 8.68. The van der Waals surface area contributed by atoms with Crippen molar-refractivity contribution in [2.24, 2.45) is 0 Å². The fourth-order valence-electron chi connectivity index (χ4n) is 3.34. The van der Waals surface area contributed by atoms with Crippen molar-refractivity contribution >= 4 is 28.4 Å². The van der Waals surface area contributed by atoms with Crippen molar-refractivity contribution < 1.29 is 9.59 Å². The Hall–Kier alpha value is -1.43. The molecule has 2 fully saturated rings. The quantitative estimate of drug-likeness (QED) is 0.743. The summed E-state index contributed by atoms with van der Waals surface area (Å²) in [6.07, 6.45) is 6.46. The van der Waals surface area contributed by atoms with Gasteiger partial charge in [-0.15, -0.1) is 11.3 Å². The summed E-state index contributed by atoms with van der Waals surface area (Å²) in [5, 5.41) is 0.509. The van der Waals surface area contributed by atoms with Gasteiger partial charge in [0.15, 0.2) is 0 Å². The number of rotatable bonds is 1.